The van der Waals surface area contributed by atoms with Crippen LogP contribution in [0.15, 0.2) is 108 Å². The second kappa shape index (κ2) is 7.16. The van der Waals surface area contributed by atoms with Gasteiger partial charge in [-0.25, -0.2) is 4.57 Å². The summed E-state index contributed by atoms with van der Waals surface area (Å²) in [5.74, 6) is 0.235. The van der Waals surface area contributed by atoms with Crippen molar-refractivity contribution >= 4 is 21.9 Å². The Kier molecular flexibility index (Phi) is 4.07. The van der Waals surface area contributed by atoms with Crippen LogP contribution in [0.3, 0.4) is 0 Å². The summed E-state index contributed by atoms with van der Waals surface area (Å²) in [7, 11) is 2.09. The lowest BCUT2D eigenvalue weighted by Crippen LogP contribution is -2.30. The van der Waals surface area contributed by atoms with Crippen molar-refractivity contribution in [3.8, 4) is 22.4 Å². The molecule has 2 nitrogen and oxygen atoms in total. The first-order chi connectivity index (χ1) is 16.7. The van der Waals surface area contributed by atoms with Crippen molar-refractivity contribution in [1.82, 2.24) is 0 Å². The molecule has 2 heteroatoms. The summed E-state index contributed by atoms with van der Waals surface area (Å²) in [6, 6.07) is 35.1. The van der Waals surface area contributed by atoms with Gasteiger partial charge in [-0.1, -0.05) is 66.7 Å². The lowest BCUT2D eigenvalue weighted by Gasteiger charge is -2.14. The van der Waals surface area contributed by atoms with E-state index in [1.54, 1.807) is 0 Å². The third-order valence-electron chi connectivity index (χ3n) is 7.35. The maximum atomic E-state index is 6.52. The summed E-state index contributed by atoms with van der Waals surface area (Å²) < 4.78 is 8.68. The van der Waals surface area contributed by atoms with Crippen LogP contribution in [0.25, 0.3) is 44.3 Å². The third kappa shape index (κ3) is 2.66. The van der Waals surface area contributed by atoms with Gasteiger partial charge >= 0.3 is 0 Å². The Morgan fingerprint density at radius 3 is 2.15 bits per heavy atom. The van der Waals surface area contributed by atoms with E-state index in [4.69, 9.17) is 4.42 Å². The molecule has 0 radical (unpaired) electrons. The Bertz CT molecular complexity index is 1690. The largest absolute Gasteiger partial charge is 0.455 e. The number of hydrogen-bond acceptors (Lipinski definition) is 1. The minimum atomic E-state index is 0.235. The lowest BCUT2D eigenvalue weighted by atomic mass is 9.88. The van der Waals surface area contributed by atoms with E-state index < -0.39 is 0 Å². The number of aromatic nitrogens is 1. The van der Waals surface area contributed by atoms with Crippen molar-refractivity contribution < 1.29 is 8.98 Å². The molecule has 0 fully saturated rings. The second-order valence-electron chi connectivity index (χ2n) is 9.30. The quantitative estimate of drug-likeness (QED) is 0.255. The van der Waals surface area contributed by atoms with Crippen LogP contribution in [0.4, 0.5) is 0 Å². The van der Waals surface area contributed by atoms with E-state index in [-0.39, 0.29) is 5.92 Å². The second-order valence-corrected chi connectivity index (χ2v) is 9.30. The van der Waals surface area contributed by atoms with Gasteiger partial charge in [-0.15, -0.1) is 0 Å². The molecule has 0 amide bonds. The molecule has 7 rings (SSSR count). The van der Waals surface area contributed by atoms with Crippen molar-refractivity contribution in [2.45, 2.75) is 12.8 Å². The number of hydrogen-bond donors (Lipinski definition) is 0. The van der Waals surface area contributed by atoms with Crippen LogP contribution in [0.1, 0.15) is 28.2 Å². The number of benzene rings is 4. The molecule has 4 aromatic carbocycles. The Morgan fingerprint density at radius 1 is 0.706 bits per heavy atom. The van der Waals surface area contributed by atoms with Gasteiger partial charge in [0.25, 0.3) is 0 Å². The fourth-order valence-electron chi connectivity index (χ4n) is 5.75. The first-order valence-corrected chi connectivity index (χ1v) is 11.8. The average Bonchev–Trinajstić information content (AvgIpc) is 3.40. The predicted molar refractivity (Wildman–Crippen MR) is 138 cm³/mol. The van der Waals surface area contributed by atoms with Gasteiger partial charge in [0.2, 0.25) is 5.69 Å². The van der Waals surface area contributed by atoms with E-state index in [9.17, 15) is 0 Å². The molecule has 1 aliphatic rings. The number of rotatable bonds is 2. The molecule has 0 spiro atoms. The Morgan fingerprint density at radius 2 is 1.41 bits per heavy atom. The van der Waals surface area contributed by atoms with Crippen LogP contribution in [0, 0.1) is 6.92 Å². The maximum Gasteiger partial charge on any atom is 0.216 e. The van der Waals surface area contributed by atoms with E-state index in [0.29, 0.717) is 0 Å². The van der Waals surface area contributed by atoms with Crippen molar-refractivity contribution in [3.63, 3.8) is 0 Å². The van der Waals surface area contributed by atoms with Crippen molar-refractivity contribution in [2.75, 3.05) is 0 Å². The molecular formula is C32H24NO+. The zero-order chi connectivity index (χ0) is 22.8. The minimum absolute atomic E-state index is 0.235. The first kappa shape index (κ1) is 19.3. The summed E-state index contributed by atoms with van der Waals surface area (Å²) in [6.07, 6.45) is 2.09. The number of pyridine rings is 1. The highest BCUT2D eigenvalue weighted by Crippen LogP contribution is 2.48. The number of furan rings is 1. The van der Waals surface area contributed by atoms with Gasteiger partial charge < -0.3 is 4.42 Å². The molecule has 6 aromatic rings. The Labute approximate surface area is 198 Å². The molecule has 0 saturated carbocycles. The molecule has 2 heterocycles. The summed E-state index contributed by atoms with van der Waals surface area (Å²) >= 11 is 0. The molecule has 0 unspecified atom stereocenters. The van der Waals surface area contributed by atoms with E-state index in [1.165, 1.54) is 44.2 Å². The highest BCUT2D eigenvalue weighted by Gasteiger charge is 2.30. The molecule has 2 aromatic heterocycles. The standard InChI is InChI=1S/C32H24NO/c1-20-14-16-26-27-19-21(31-24-11-5-3-9-22(24)23-10-4-6-12-25(23)31)15-17-29(27)34-32(26)30(20)28-13-7-8-18-33(28)2/h3-19,31H,1-2H3/q+1. The zero-order valence-corrected chi connectivity index (χ0v) is 19.2. The third-order valence-corrected chi connectivity index (χ3v) is 7.35. The number of aryl methyl sites for hydroxylation is 2. The first-order valence-electron chi connectivity index (χ1n) is 11.8. The minimum Gasteiger partial charge on any atom is -0.455 e. The summed E-state index contributed by atoms with van der Waals surface area (Å²) in [4.78, 5) is 0. The van der Waals surface area contributed by atoms with Gasteiger partial charge in [0.05, 0.1) is 5.56 Å². The van der Waals surface area contributed by atoms with Crippen LogP contribution in [0.2, 0.25) is 0 Å². The summed E-state index contributed by atoms with van der Waals surface area (Å²) in [6.45, 7) is 2.16. The summed E-state index contributed by atoms with van der Waals surface area (Å²) in [5.41, 5.74) is 12.2. The SMILES string of the molecule is Cc1ccc2c(oc3ccc(C4c5ccccc5-c5ccccc54)cc32)c1-c1cccc[n+]1C. The van der Waals surface area contributed by atoms with Gasteiger partial charge in [0.1, 0.15) is 18.2 Å². The molecular weight excluding hydrogens is 414 g/mol. The summed E-state index contributed by atoms with van der Waals surface area (Å²) in [5, 5.41) is 2.34. The van der Waals surface area contributed by atoms with Gasteiger partial charge in [-0.05, 0) is 58.5 Å². The molecule has 0 N–H and O–H groups in total. The van der Waals surface area contributed by atoms with Gasteiger partial charge in [-0.2, -0.15) is 0 Å². The van der Waals surface area contributed by atoms with E-state index >= 15 is 0 Å². The lowest BCUT2D eigenvalue weighted by molar-refractivity contribution is -0.660. The molecule has 1 aliphatic carbocycles. The normalized spacial score (nSPS) is 12.9. The van der Waals surface area contributed by atoms with Gasteiger partial charge in [0, 0.05) is 28.8 Å². The number of fused-ring (bicyclic) bond motifs is 6. The Hall–Kier alpha value is -4.17. The van der Waals surface area contributed by atoms with E-state index in [2.05, 4.69) is 122 Å². The predicted octanol–water partition coefficient (Wildman–Crippen LogP) is 7.55. The van der Waals surface area contributed by atoms with E-state index in [0.717, 1.165) is 22.4 Å². The maximum absolute atomic E-state index is 6.52. The molecule has 34 heavy (non-hydrogen) atoms. The monoisotopic (exact) mass is 438 g/mol. The van der Waals surface area contributed by atoms with Crippen LogP contribution in [-0.2, 0) is 7.05 Å². The number of nitrogens with zero attached hydrogens (tertiary/aromatic N) is 1. The average molecular weight is 439 g/mol. The smallest absolute Gasteiger partial charge is 0.216 e. The molecule has 0 saturated heterocycles. The van der Waals surface area contributed by atoms with Crippen LogP contribution < -0.4 is 4.57 Å². The van der Waals surface area contributed by atoms with Crippen LogP contribution in [-0.4, -0.2) is 0 Å². The van der Waals surface area contributed by atoms with Crippen LogP contribution >= 0.6 is 0 Å². The highest BCUT2D eigenvalue weighted by atomic mass is 16.3. The van der Waals surface area contributed by atoms with Crippen molar-refractivity contribution in [3.05, 3.63) is 126 Å². The van der Waals surface area contributed by atoms with Crippen LogP contribution in [0.5, 0.6) is 0 Å². The van der Waals surface area contributed by atoms with Gasteiger partial charge in [0.15, 0.2) is 6.20 Å². The van der Waals surface area contributed by atoms with Crippen molar-refractivity contribution in [2.24, 2.45) is 7.05 Å². The topological polar surface area (TPSA) is 17.0 Å². The van der Waals surface area contributed by atoms with Crippen molar-refractivity contribution in [1.29, 1.82) is 0 Å². The van der Waals surface area contributed by atoms with Gasteiger partial charge in [-0.3, -0.25) is 0 Å². The zero-order valence-electron chi connectivity index (χ0n) is 19.2. The molecule has 162 valence electrons. The highest BCUT2D eigenvalue weighted by molar-refractivity contribution is 6.10. The van der Waals surface area contributed by atoms with E-state index in [1.807, 2.05) is 0 Å². The molecule has 0 atom stereocenters. The molecule has 0 aliphatic heterocycles. The molecule has 0 bridgehead atoms. The fourth-order valence-corrected chi connectivity index (χ4v) is 5.75. The fraction of sp³-hybridized carbons (Fsp3) is 0.0938. The Balaban J connectivity index is 1.48.